The Morgan fingerprint density at radius 2 is 1.86 bits per heavy atom. The topological polar surface area (TPSA) is 110 Å². The van der Waals surface area contributed by atoms with Crippen LogP contribution in [0.3, 0.4) is 0 Å². The van der Waals surface area contributed by atoms with Crippen LogP contribution in [0.2, 0.25) is 0 Å². The first-order chi connectivity index (χ1) is 9.97. The smallest absolute Gasteiger partial charge is 0.326 e. The average molecular weight is 299 g/mol. The second-order valence-corrected chi connectivity index (χ2v) is 5.57. The Bertz CT molecular complexity index is 428. The lowest BCUT2D eigenvalue weighted by Crippen LogP contribution is -2.50. The van der Waals surface area contributed by atoms with Crippen molar-refractivity contribution in [3.8, 4) is 0 Å². The minimum absolute atomic E-state index is 0.334. The van der Waals surface area contributed by atoms with Crippen molar-refractivity contribution in [2.75, 3.05) is 26.2 Å². The van der Waals surface area contributed by atoms with Gasteiger partial charge in [-0.15, -0.1) is 0 Å². The van der Waals surface area contributed by atoms with Gasteiger partial charge < -0.3 is 20.4 Å². The van der Waals surface area contributed by atoms with Gasteiger partial charge in [-0.2, -0.15) is 0 Å². The minimum atomic E-state index is -1.39. The van der Waals surface area contributed by atoms with E-state index in [1.54, 1.807) is 4.90 Å². The third kappa shape index (κ3) is 4.07. The average Bonchev–Trinajstić information content (AvgIpc) is 2.74. The van der Waals surface area contributed by atoms with Crippen molar-refractivity contribution in [1.82, 2.24) is 15.1 Å². The third-order valence-corrected chi connectivity index (χ3v) is 4.07. The van der Waals surface area contributed by atoms with E-state index in [4.69, 9.17) is 10.2 Å². The van der Waals surface area contributed by atoms with Crippen molar-refractivity contribution in [2.45, 2.75) is 37.8 Å². The molecule has 2 amide bonds. The van der Waals surface area contributed by atoms with Gasteiger partial charge in [-0.05, 0) is 25.8 Å². The maximum atomic E-state index is 12.2. The highest BCUT2D eigenvalue weighted by atomic mass is 16.4. The number of amides is 2. The summed E-state index contributed by atoms with van der Waals surface area (Å²) in [6, 6.07) is -1.55. The van der Waals surface area contributed by atoms with Crippen LogP contribution in [-0.2, 0) is 9.59 Å². The molecule has 2 aliphatic rings. The zero-order valence-corrected chi connectivity index (χ0v) is 11.8. The molecule has 0 aromatic carbocycles. The van der Waals surface area contributed by atoms with Gasteiger partial charge in [-0.25, -0.2) is 9.59 Å². The molecule has 2 saturated heterocycles. The highest BCUT2D eigenvalue weighted by Gasteiger charge is 2.32. The van der Waals surface area contributed by atoms with Crippen molar-refractivity contribution in [3.63, 3.8) is 0 Å². The monoisotopic (exact) mass is 299 g/mol. The predicted molar refractivity (Wildman–Crippen MR) is 73.0 cm³/mol. The van der Waals surface area contributed by atoms with Gasteiger partial charge in [0, 0.05) is 25.7 Å². The van der Waals surface area contributed by atoms with Crippen LogP contribution in [0.5, 0.6) is 0 Å². The van der Waals surface area contributed by atoms with E-state index < -0.39 is 30.4 Å². The Kier molecular flexibility index (Phi) is 5.00. The Balaban J connectivity index is 1.94. The molecule has 0 bridgehead atoms. The fraction of sp³-hybridized carbons (Fsp3) is 0.769. The lowest BCUT2D eigenvalue weighted by molar-refractivity contribution is -0.145. The summed E-state index contributed by atoms with van der Waals surface area (Å²) in [6.45, 7) is 3.15. The summed E-state index contributed by atoms with van der Waals surface area (Å²) in [5, 5.41) is 20.0. The SMILES string of the molecule is O=C(O)C[C@H](NC(=O)N1CCCN2CCCC2C1)C(=O)O. The van der Waals surface area contributed by atoms with Gasteiger partial charge in [0.2, 0.25) is 0 Å². The minimum Gasteiger partial charge on any atom is -0.481 e. The molecule has 2 aliphatic heterocycles. The molecule has 21 heavy (non-hydrogen) atoms. The zero-order valence-electron chi connectivity index (χ0n) is 11.8. The summed E-state index contributed by atoms with van der Waals surface area (Å²) >= 11 is 0. The van der Waals surface area contributed by atoms with E-state index in [2.05, 4.69) is 10.2 Å². The lowest BCUT2D eigenvalue weighted by Gasteiger charge is -2.26. The number of nitrogens with one attached hydrogen (secondary N) is 1. The van der Waals surface area contributed by atoms with Gasteiger partial charge in [0.1, 0.15) is 6.04 Å². The number of nitrogens with zero attached hydrogens (tertiary/aromatic N) is 2. The molecule has 0 aromatic heterocycles. The molecule has 8 heteroatoms. The number of carboxylic acid groups (broad SMARTS) is 2. The second kappa shape index (κ2) is 6.75. The molecular weight excluding hydrogens is 278 g/mol. The number of hydrogen-bond acceptors (Lipinski definition) is 4. The van der Waals surface area contributed by atoms with E-state index in [9.17, 15) is 14.4 Å². The largest absolute Gasteiger partial charge is 0.481 e. The van der Waals surface area contributed by atoms with Crippen molar-refractivity contribution >= 4 is 18.0 Å². The molecule has 8 nitrogen and oxygen atoms in total. The van der Waals surface area contributed by atoms with Gasteiger partial charge in [-0.3, -0.25) is 9.69 Å². The van der Waals surface area contributed by atoms with Crippen LogP contribution in [0.15, 0.2) is 0 Å². The number of carbonyl (C=O) groups excluding carboxylic acids is 1. The van der Waals surface area contributed by atoms with Crippen molar-refractivity contribution in [2.24, 2.45) is 0 Å². The highest BCUT2D eigenvalue weighted by Crippen LogP contribution is 2.21. The highest BCUT2D eigenvalue weighted by molar-refractivity contribution is 5.86. The van der Waals surface area contributed by atoms with Gasteiger partial charge in [0.05, 0.1) is 6.42 Å². The molecule has 2 heterocycles. The molecule has 2 atom stereocenters. The zero-order chi connectivity index (χ0) is 15.4. The Hall–Kier alpha value is -1.83. The molecule has 0 spiro atoms. The van der Waals surface area contributed by atoms with Crippen molar-refractivity contribution in [1.29, 1.82) is 0 Å². The van der Waals surface area contributed by atoms with Crippen molar-refractivity contribution in [3.05, 3.63) is 0 Å². The van der Waals surface area contributed by atoms with Crippen LogP contribution >= 0.6 is 0 Å². The van der Waals surface area contributed by atoms with E-state index >= 15 is 0 Å². The molecule has 3 N–H and O–H groups in total. The standard InChI is InChI=1S/C13H21N3O5/c17-11(18)7-10(12(19)20)14-13(21)16-6-2-5-15-4-1-3-9(15)8-16/h9-10H,1-8H2,(H,14,21)(H,17,18)(H,19,20)/t9?,10-/m0/s1. The van der Waals surface area contributed by atoms with Crippen LogP contribution in [-0.4, -0.2) is 76.2 Å². The molecule has 1 unspecified atom stereocenters. The first kappa shape index (κ1) is 15.6. The third-order valence-electron chi connectivity index (χ3n) is 4.07. The molecule has 0 radical (unpaired) electrons. The van der Waals surface area contributed by atoms with Crippen molar-refractivity contribution < 1.29 is 24.6 Å². The normalized spacial score (nSPS) is 24.0. The van der Waals surface area contributed by atoms with E-state index in [1.807, 2.05) is 0 Å². The number of carboxylic acids is 2. The molecule has 2 rings (SSSR count). The molecule has 0 aliphatic carbocycles. The maximum absolute atomic E-state index is 12.2. The lowest BCUT2D eigenvalue weighted by atomic mass is 10.2. The van der Waals surface area contributed by atoms with E-state index in [0.717, 1.165) is 32.4 Å². The molecule has 118 valence electrons. The Morgan fingerprint density at radius 3 is 2.52 bits per heavy atom. The van der Waals surface area contributed by atoms with E-state index in [0.29, 0.717) is 19.1 Å². The molecule has 0 saturated carbocycles. The Labute approximate surface area is 122 Å². The van der Waals surface area contributed by atoms with E-state index in [-0.39, 0.29) is 0 Å². The fourth-order valence-electron chi connectivity index (χ4n) is 3.01. The van der Waals surface area contributed by atoms with Crippen LogP contribution in [0.25, 0.3) is 0 Å². The number of rotatable bonds is 4. The van der Waals surface area contributed by atoms with Crippen LogP contribution in [0.4, 0.5) is 4.79 Å². The summed E-state index contributed by atoms with van der Waals surface area (Å²) in [5.74, 6) is -2.58. The summed E-state index contributed by atoms with van der Waals surface area (Å²) < 4.78 is 0. The van der Waals surface area contributed by atoms with Gasteiger partial charge in [-0.1, -0.05) is 0 Å². The number of fused-ring (bicyclic) bond motifs is 1. The van der Waals surface area contributed by atoms with Gasteiger partial charge in [0.15, 0.2) is 0 Å². The van der Waals surface area contributed by atoms with Gasteiger partial charge >= 0.3 is 18.0 Å². The Morgan fingerprint density at radius 1 is 1.14 bits per heavy atom. The number of aliphatic carboxylic acids is 2. The van der Waals surface area contributed by atoms with Crippen LogP contribution in [0.1, 0.15) is 25.7 Å². The summed E-state index contributed by atoms with van der Waals surface area (Å²) in [7, 11) is 0. The number of carbonyl (C=O) groups is 3. The summed E-state index contributed by atoms with van der Waals surface area (Å²) in [5.41, 5.74) is 0. The molecule has 2 fully saturated rings. The molecule has 0 aromatic rings. The summed E-state index contributed by atoms with van der Waals surface area (Å²) in [6.07, 6.45) is 2.39. The predicted octanol–water partition coefficient (Wildman–Crippen LogP) is -0.206. The van der Waals surface area contributed by atoms with Gasteiger partial charge in [0.25, 0.3) is 0 Å². The fourth-order valence-corrected chi connectivity index (χ4v) is 3.01. The summed E-state index contributed by atoms with van der Waals surface area (Å²) in [4.78, 5) is 37.8. The first-order valence-corrected chi connectivity index (χ1v) is 7.21. The number of urea groups is 1. The number of hydrogen-bond donors (Lipinski definition) is 3. The quantitative estimate of drug-likeness (QED) is 0.663. The van der Waals surface area contributed by atoms with Crippen LogP contribution < -0.4 is 5.32 Å². The first-order valence-electron chi connectivity index (χ1n) is 7.21. The van der Waals surface area contributed by atoms with Crippen LogP contribution in [0, 0.1) is 0 Å². The second-order valence-electron chi connectivity index (χ2n) is 5.57. The molecular formula is C13H21N3O5. The van der Waals surface area contributed by atoms with E-state index in [1.165, 1.54) is 0 Å². The maximum Gasteiger partial charge on any atom is 0.326 e.